The first-order valence-electron chi connectivity index (χ1n) is 9.35. The number of hydrogen-bond donors (Lipinski definition) is 1. The lowest BCUT2D eigenvalue weighted by Crippen LogP contribution is -2.41. The highest BCUT2D eigenvalue weighted by Crippen LogP contribution is 2.33. The fourth-order valence-electron chi connectivity index (χ4n) is 3.74. The van der Waals surface area contributed by atoms with Crippen molar-refractivity contribution in [1.29, 1.82) is 0 Å². The van der Waals surface area contributed by atoms with Gasteiger partial charge in [0.15, 0.2) is 5.13 Å². The number of ether oxygens (including phenoxy) is 1. The van der Waals surface area contributed by atoms with Gasteiger partial charge in [0, 0.05) is 43.2 Å². The third kappa shape index (κ3) is 4.38. The normalized spacial score (nSPS) is 19.8. The number of nitrogens with zero attached hydrogens (tertiary/aromatic N) is 2. The number of anilines is 1. The van der Waals surface area contributed by atoms with E-state index in [0.717, 1.165) is 67.1 Å². The van der Waals surface area contributed by atoms with Gasteiger partial charge in [-0.2, -0.15) is 0 Å². The first-order valence-corrected chi connectivity index (χ1v) is 11.0. The summed E-state index contributed by atoms with van der Waals surface area (Å²) in [6.07, 6.45) is 4.65. The lowest BCUT2D eigenvalue weighted by atomic mass is 9.93. The van der Waals surface area contributed by atoms with Crippen LogP contribution >= 0.6 is 27.3 Å². The number of benzene rings is 1. The molecule has 140 valence electrons. The maximum absolute atomic E-state index is 12.3. The molecule has 2 saturated heterocycles. The van der Waals surface area contributed by atoms with Gasteiger partial charge in [-0.3, -0.25) is 4.79 Å². The molecule has 26 heavy (non-hydrogen) atoms. The molecule has 1 aromatic carbocycles. The second kappa shape index (κ2) is 8.23. The zero-order valence-electron chi connectivity index (χ0n) is 14.7. The van der Waals surface area contributed by atoms with E-state index in [4.69, 9.17) is 9.72 Å². The highest BCUT2D eigenvalue weighted by Gasteiger charge is 2.24. The topological polar surface area (TPSA) is 54.5 Å². The number of hydrogen-bond acceptors (Lipinski definition) is 5. The fraction of sp³-hybridized carbons (Fsp3) is 0.579. The van der Waals surface area contributed by atoms with Crippen LogP contribution in [0.4, 0.5) is 5.13 Å². The Labute approximate surface area is 166 Å². The van der Waals surface area contributed by atoms with E-state index in [-0.39, 0.29) is 5.91 Å². The SMILES string of the molecule is O=C(CC1CCN(c2nc3ccc(Br)cc3s2)CC1)NC1CCOCC1. The Morgan fingerprint density at radius 1 is 1.27 bits per heavy atom. The molecule has 0 bridgehead atoms. The molecule has 5 nitrogen and oxygen atoms in total. The summed E-state index contributed by atoms with van der Waals surface area (Å²) in [5.41, 5.74) is 1.06. The van der Waals surface area contributed by atoms with Gasteiger partial charge in [-0.15, -0.1) is 0 Å². The third-order valence-electron chi connectivity index (χ3n) is 5.28. The Kier molecular flexibility index (Phi) is 5.76. The summed E-state index contributed by atoms with van der Waals surface area (Å²) in [6, 6.07) is 6.53. The highest BCUT2D eigenvalue weighted by molar-refractivity contribution is 9.10. The van der Waals surface area contributed by atoms with Crippen LogP contribution in [0.3, 0.4) is 0 Å². The maximum Gasteiger partial charge on any atom is 0.220 e. The van der Waals surface area contributed by atoms with Gasteiger partial charge < -0.3 is 15.0 Å². The average Bonchev–Trinajstić information content (AvgIpc) is 3.06. The molecule has 0 spiro atoms. The van der Waals surface area contributed by atoms with Crippen LogP contribution in [0.5, 0.6) is 0 Å². The van der Waals surface area contributed by atoms with Crippen molar-refractivity contribution in [3.8, 4) is 0 Å². The van der Waals surface area contributed by atoms with Crippen molar-refractivity contribution >= 4 is 48.5 Å². The highest BCUT2D eigenvalue weighted by atomic mass is 79.9. The minimum atomic E-state index is 0.209. The minimum Gasteiger partial charge on any atom is -0.381 e. The number of carbonyl (C=O) groups excluding carboxylic acids is 1. The van der Waals surface area contributed by atoms with E-state index in [1.54, 1.807) is 11.3 Å². The molecule has 0 aliphatic carbocycles. The standard InChI is InChI=1S/C19H24BrN3O2S/c20-14-1-2-16-17(12-14)26-19(22-16)23-7-3-13(4-8-23)11-18(24)21-15-5-9-25-10-6-15/h1-2,12-13,15H,3-11H2,(H,21,24). The van der Waals surface area contributed by atoms with E-state index in [1.165, 1.54) is 4.70 Å². The van der Waals surface area contributed by atoms with Crippen LogP contribution in [0.1, 0.15) is 32.1 Å². The number of rotatable bonds is 4. The van der Waals surface area contributed by atoms with Crippen LogP contribution < -0.4 is 10.2 Å². The maximum atomic E-state index is 12.3. The molecule has 7 heteroatoms. The average molecular weight is 438 g/mol. The van der Waals surface area contributed by atoms with Crippen LogP contribution in [0.2, 0.25) is 0 Å². The Hall–Kier alpha value is -1.18. The van der Waals surface area contributed by atoms with Gasteiger partial charge in [-0.1, -0.05) is 27.3 Å². The second-order valence-corrected chi connectivity index (χ2v) is 9.12. The Morgan fingerprint density at radius 2 is 2.04 bits per heavy atom. The molecule has 2 aliphatic rings. The van der Waals surface area contributed by atoms with Gasteiger partial charge in [-0.25, -0.2) is 4.98 Å². The number of aromatic nitrogens is 1. The first kappa shape index (κ1) is 18.2. The monoisotopic (exact) mass is 437 g/mol. The summed E-state index contributed by atoms with van der Waals surface area (Å²) in [5, 5.41) is 4.28. The van der Waals surface area contributed by atoms with E-state index >= 15 is 0 Å². The van der Waals surface area contributed by atoms with Gasteiger partial charge in [0.2, 0.25) is 5.91 Å². The summed E-state index contributed by atoms with van der Waals surface area (Å²) in [4.78, 5) is 19.4. The predicted molar refractivity (Wildman–Crippen MR) is 109 cm³/mol. The van der Waals surface area contributed by atoms with E-state index in [2.05, 4.69) is 38.3 Å². The number of nitrogens with one attached hydrogen (secondary N) is 1. The summed E-state index contributed by atoms with van der Waals surface area (Å²) >= 11 is 5.27. The number of halogens is 1. The molecule has 2 aromatic rings. The van der Waals surface area contributed by atoms with E-state index < -0.39 is 0 Å². The molecule has 2 fully saturated rings. The lowest BCUT2D eigenvalue weighted by Gasteiger charge is -2.32. The van der Waals surface area contributed by atoms with Gasteiger partial charge in [-0.05, 0) is 49.8 Å². The number of thiazole rings is 1. The van der Waals surface area contributed by atoms with Gasteiger partial charge >= 0.3 is 0 Å². The van der Waals surface area contributed by atoms with Crippen LogP contribution in [0.25, 0.3) is 10.2 Å². The van der Waals surface area contributed by atoms with Crippen molar-refractivity contribution in [3.05, 3.63) is 22.7 Å². The van der Waals surface area contributed by atoms with Crippen molar-refractivity contribution in [2.45, 2.75) is 38.1 Å². The quantitative estimate of drug-likeness (QED) is 0.785. The van der Waals surface area contributed by atoms with Crippen LogP contribution in [0.15, 0.2) is 22.7 Å². The first-order chi connectivity index (χ1) is 12.7. The summed E-state index contributed by atoms with van der Waals surface area (Å²) in [6.45, 7) is 3.50. The van der Waals surface area contributed by atoms with E-state index in [1.807, 2.05) is 6.07 Å². The van der Waals surface area contributed by atoms with Crippen molar-refractivity contribution in [3.63, 3.8) is 0 Å². The molecule has 1 aromatic heterocycles. The Bertz CT molecular complexity index is 767. The molecule has 0 radical (unpaired) electrons. The number of carbonyl (C=O) groups is 1. The predicted octanol–water partition coefficient (Wildman–Crippen LogP) is 3.96. The Morgan fingerprint density at radius 3 is 2.81 bits per heavy atom. The molecule has 0 saturated carbocycles. The summed E-state index contributed by atoms with van der Waals surface area (Å²) in [7, 11) is 0. The smallest absolute Gasteiger partial charge is 0.220 e. The minimum absolute atomic E-state index is 0.209. The zero-order valence-corrected chi connectivity index (χ0v) is 17.2. The van der Waals surface area contributed by atoms with Crippen LogP contribution in [-0.2, 0) is 9.53 Å². The van der Waals surface area contributed by atoms with E-state index in [0.29, 0.717) is 18.4 Å². The lowest BCUT2D eigenvalue weighted by molar-refractivity contribution is -0.123. The summed E-state index contributed by atoms with van der Waals surface area (Å²) in [5.74, 6) is 0.690. The molecular formula is C19H24BrN3O2S. The molecule has 3 heterocycles. The van der Waals surface area contributed by atoms with Crippen molar-refractivity contribution in [1.82, 2.24) is 10.3 Å². The molecule has 1 amide bonds. The van der Waals surface area contributed by atoms with Crippen molar-refractivity contribution in [2.75, 3.05) is 31.2 Å². The van der Waals surface area contributed by atoms with Crippen LogP contribution in [0, 0.1) is 5.92 Å². The Balaban J connectivity index is 1.28. The molecule has 0 unspecified atom stereocenters. The van der Waals surface area contributed by atoms with Crippen molar-refractivity contribution < 1.29 is 9.53 Å². The molecule has 4 rings (SSSR count). The molecule has 2 aliphatic heterocycles. The molecule has 0 atom stereocenters. The molecular weight excluding hydrogens is 414 g/mol. The third-order valence-corrected chi connectivity index (χ3v) is 6.86. The second-order valence-electron chi connectivity index (χ2n) is 7.20. The summed E-state index contributed by atoms with van der Waals surface area (Å²) < 4.78 is 7.66. The van der Waals surface area contributed by atoms with Gasteiger partial charge in [0.05, 0.1) is 10.2 Å². The molecule has 1 N–H and O–H groups in total. The zero-order chi connectivity index (χ0) is 17.9. The van der Waals surface area contributed by atoms with E-state index in [9.17, 15) is 4.79 Å². The number of piperidine rings is 1. The van der Waals surface area contributed by atoms with Gasteiger partial charge in [0.1, 0.15) is 0 Å². The fourth-order valence-corrected chi connectivity index (χ4v) is 5.31. The van der Waals surface area contributed by atoms with Crippen molar-refractivity contribution in [2.24, 2.45) is 5.92 Å². The number of amides is 1. The largest absolute Gasteiger partial charge is 0.381 e. The van der Waals surface area contributed by atoms with Crippen LogP contribution in [-0.4, -0.2) is 43.2 Å². The van der Waals surface area contributed by atoms with Gasteiger partial charge in [0.25, 0.3) is 0 Å². The number of fused-ring (bicyclic) bond motifs is 1.